The molecule has 33 heavy (non-hydrogen) atoms. The zero-order valence-corrected chi connectivity index (χ0v) is 19.9. The second-order valence-corrected chi connectivity index (χ2v) is 10.9. The fourth-order valence-corrected chi connectivity index (χ4v) is 5.12. The smallest absolute Gasteiger partial charge is 0.247 e. The molecule has 1 N–H and O–H groups in total. The number of aromatic nitrogens is 2. The zero-order chi connectivity index (χ0) is 23.5. The predicted octanol–water partition coefficient (Wildman–Crippen LogP) is 3.43. The van der Waals surface area contributed by atoms with E-state index in [0.29, 0.717) is 37.1 Å². The minimum atomic E-state index is -3.52. The van der Waals surface area contributed by atoms with Crippen molar-refractivity contribution in [2.45, 2.75) is 74.1 Å². The van der Waals surface area contributed by atoms with Gasteiger partial charge < -0.3 is 14.6 Å². The van der Waals surface area contributed by atoms with E-state index in [2.05, 4.69) is 21.8 Å². The van der Waals surface area contributed by atoms with Crippen LogP contribution in [0.25, 0.3) is 0 Å². The normalized spacial score (nSPS) is 23.5. The molecule has 2 aliphatic rings. The molecule has 0 amide bonds. The number of aliphatic hydroxyl groups excluding tert-OH is 1. The number of sulfone groups is 1. The summed E-state index contributed by atoms with van der Waals surface area (Å²) in [7, 11) is -1.89. The van der Waals surface area contributed by atoms with E-state index in [1.807, 2.05) is 18.2 Å². The van der Waals surface area contributed by atoms with Crippen LogP contribution in [0.15, 0.2) is 35.6 Å². The number of ether oxygens (including phenoxy) is 2. The van der Waals surface area contributed by atoms with Crippen LogP contribution in [0.5, 0.6) is 11.5 Å². The summed E-state index contributed by atoms with van der Waals surface area (Å²) in [6.07, 6.45) is 9.41. The van der Waals surface area contributed by atoms with Crippen LogP contribution in [-0.2, 0) is 15.3 Å². The minimum absolute atomic E-state index is 0.194. The van der Waals surface area contributed by atoms with E-state index in [1.54, 1.807) is 13.2 Å². The van der Waals surface area contributed by atoms with Gasteiger partial charge in [-0.15, -0.1) is 0 Å². The Morgan fingerprint density at radius 3 is 2.48 bits per heavy atom. The first-order valence-electron chi connectivity index (χ1n) is 11.4. The molecule has 0 spiro atoms. The molecule has 1 heterocycles. The summed E-state index contributed by atoms with van der Waals surface area (Å²) < 4.78 is 35.5. The first-order valence-corrected chi connectivity index (χ1v) is 13.3. The number of benzene rings is 1. The lowest BCUT2D eigenvalue weighted by molar-refractivity contribution is 0.110. The number of methoxy groups -OCH3 is 1. The summed E-state index contributed by atoms with van der Waals surface area (Å²) in [5.74, 6) is 7.88. The lowest BCUT2D eigenvalue weighted by Gasteiger charge is -2.35. The standard InChI is InChI=1S/C25H30N2O5S/c1-31-22-8-7-18(17-23(22)32-21-5-3-4-6-21)25(14-10-20(28)11-15-25)13-9-19-12-16-26-24(27-19)33(2,29)30/h7-8,12,16-17,20-21,28H,3-6,10-11,14-15H2,1-2H3. The maximum Gasteiger partial charge on any atom is 0.247 e. The molecule has 0 atom stereocenters. The van der Waals surface area contributed by atoms with Gasteiger partial charge in [0.1, 0.15) is 5.69 Å². The van der Waals surface area contributed by atoms with Gasteiger partial charge in [0.05, 0.1) is 24.7 Å². The number of hydrogen-bond acceptors (Lipinski definition) is 7. The van der Waals surface area contributed by atoms with Crippen molar-refractivity contribution in [2.75, 3.05) is 13.4 Å². The molecule has 4 rings (SSSR count). The Labute approximate surface area is 195 Å². The summed E-state index contributed by atoms with van der Waals surface area (Å²) in [6.45, 7) is 0. The molecular formula is C25H30N2O5S. The van der Waals surface area contributed by atoms with Gasteiger partial charge >= 0.3 is 0 Å². The molecular weight excluding hydrogens is 440 g/mol. The van der Waals surface area contributed by atoms with Crippen molar-refractivity contribution in [1.29, 1.82) is 0 Å². The summed E-state index contributed by atoms with van der Waals surface area (Å²) in [4.78, 5) is 7.95. The third-order valence-corrected chi connectivity index (χ3v) is 7.38. The summed E-state index contributed by atoms with van der Waals surface area (Å²) >= 11 is 0. The molecule has 0 aliphatic heterocycles. The van der Waals surface area contributed by atoms with Gasteiger partial charge in [0, 0.05) is 12.5 Å². The lowest BCUT2D eigenvalue weighted by Crippen LogP contribution is -2.32. The Morgan fingerprint density at radius 2 is 1.82 bits per heavy atom. The van der Waals surface area contributed by atoms with Crippen LogP contribution in [0.2, 0.25) is 0 Å². The van der Waals surface area contributed by atoms with Gasteiger partial charge in [-0.05, 0) is 81.0 Å². The van der Waals surface area contributed by atoms with Gasteiger partial charge in [-0.2, -0.15) is 0 Å². The maximum absolute atomic E-state index is 11.8. The number of hydrogen-bond donors (Lipinski definition) is 1. The van der Waals surface area contributed by atoms with Crippen molar-refractivity contribution in [3.05, 3.63) is 41.7 Å². The second-order valence-electron chi connectivity index (χ2n) is 8.95. The van der Waals surface area contributed by atoms with Crippen molar-refractivity contribution in [2.24, 2.45) is 0 Å². The van der Waals surface area contributed by atoms with E-state index in [1.165, 1.54) is 19.0 Å². The highest BCUT2D eigenvalue weighted by molar-refractivity contribution is 7.90. The highest BCUT2D eigenvalue weighted by Gasteiger charge is 2.36. The van der Waals surface area contributed by atoms with E-state index >= 15 is 0 Å². The van der Waals surface area contributed by atoms with Crippen LogP contribution in [0.3, 0.4) is 0 Å². The molecule has 0 radical (unpaired) electrons. The third kappa shape index (κ3) is 5.48. The topological polar surface area (TPSA) is 98.6 Å². The molecule has 2 fully saturated rings. The minimum Gasteiger partial charge on any atom is -0.493 e. The Balaban J connectivity index is 1.72. The highest BCUT2D eigenvalue weighted by Crippen LogP contribution is 2.43. The van der Waals surface area contributed by atoms with Gasteiger partial charge in [0.15, 0.2) is 11.5 Å². The molecule has 176 valence electrons. The van der Waals surface area contributed by atoms with Gasteiger partial charge in [-0.3, -0.25) is 0 Å². The molecule has 0 saturated heterocycles. The molecule has 0 bridgehead atoms. The molecule has 7 nitrogen and oxygen atoms in total. The van der Waals surface area contributed by atoms with Crippen LogP contribution in [0.4, 0.5) is 0 Å². The van der Waals surface area contributed by atoms with E-state index in [9.17, 15) is 13.5 Å². The second kappa shape index (κ2) is 9.70. The Hall–Kier alpha value is -2.63. The van der Waals surface area contributed by atoms with Crippen LogP contribution < -0.4 is 9.47 Å². The lowest BCUT2D eigenvalue weighted by atomic mass is 9.69. The Morgan fingerprint density at radius 1 is 1.09 bits per heavy atom. The fraction of sp³-hybridized carbons (Fsp3) is 0.520. The third-order valence-electron chi connectivity index (χ3n) is 6.52. The zero-order valence-electron chi connectivity index (χ0n) is 19.1. The molecule has 2 aliphatic carbocycles. The summed E-state index contributed by atoms with van der Waals surface area (Å²) in [5.41, 5.74) is 0.857. The van der Waals surface area contributed by atoms with Gasteiger partial charge in [-0.1, -0.05) is 12.0 Å². The quantitative estimate of drug-likeness (QED) is 0.528. The van der Waals surface area contributed by atoms with Gasteiger partial charge in [-0.25, -0.2) is 18.4 Å². The average molecular weight is 471 g/mol. The van der Waals surface area contributed by atoms with E-state index in [4.69, 9.17) is 9.47 Å². The number of aliphatic hydroxyl groups is 1. The monoisotopic (exact) mass is 470 g/mol. The van der Waals surface area contributed by atoms with Gasteiger partial charge in [0.25, 0.3) is 0 Å². The Bertz CT molecular complexity index is 1150. The predicted molar refractivity (Wildman–Crippen MR) is 124 cm³/mol. The van der Waals surface area contributed by atoms with E-state index in [0.717, 1.165) is 30.4 Å². The van der Waals surface area contributed by atoms with Crippen LogP contribution in [-0.4, -0.2) is 49.1 Å². The maximum atomic E-state index is 11.8. The van der Waals surface area contributed by atoms with Crippen molar-refractivity contribution in [3.8, 4) is 23.3 Å². The molecule has 8 heteroatoms. The Kier molecular flexibility index (Phi) is 6.91. The molecule has 1 aromatic heterocycles. The van der Waals surface area contributed by atoms with Crippen LogP contribution >= 0.6 is 0 Å². The molecule has 0 unspecified atom stereocenters. The van der Waals surface area contributed by atoms with Crippen molar-refractivity contribution in [3.63, 3.8) is 0 Å². The molecule has 1 aromatic carbocycles. The number of rotatable bonds is 5. The molecule has 2 aromatic rings. The number of nitrogens with zero attached hydrogens (tertiary/aromatic N) is 2. The largest absolute Gasteiger partial charge is 0.493 e. The average Bonchev–Trinajstić information content (AvgIpc) is 3.32. The van der Waals surface area contributed by atoms with Gasteiger partial charge in [0.2, 0.25) is 15.0 Å². The van der Waals surface area contributed by atoms with Crippen molar-refractivity contribution >= 4 is 9.84 Å². The van der Waals surface area contributed by atoms with Crippen molar-refractivity contribution in [1.82, 2.24) is 9.97 Å². The summed E-state index contributed by atoms with van der Waals surface area (Å²) in [5, 5.41) is 9.91. The SMILES string of the molecule is COc1ccc(C2(C#Cc3ccnc(S(C)(=O)=O)n3)CCC(O)CC2)cc1OC1CCCC1. The first-order chi connectivity index (χ1) is 15.8. The fourth-order valence-electron chi connectivity index (χ4n) is 4.61. The molecule has 2 saturated carbocycles. The highest BCUT2D eigenvalue weighted by atomic mass is 32.2. The summed E-state index contributed by atoms with van der Waals surface area (Å²) in [6, 6.07) is 7.55. The van der Waals surface area contributed by atoms with Crippen molar-refractivity contribution < 1.29 is 23.0 Å². The van der Waals surface area contributed by atoms with Crippen LogP contribution in [0, 0.1) is 11.8 Å². The van der Waals surface area contributed by atoms with E-state index < -0.39 is 15.3 Å². The van der Waals surface area contributed by atoms with Crippen LogP contribution in [0.1, 0.15) is 62.6 Å². The first kappa shape index (κ1) is 23.5. The van der Waals surface area contributed by atoms with E-state index in [-0.39, 0.29) is 17.4 Å².